The number of methoxy groups -OCH3 is 1. The number of aromatic amines is 1. The monoisotopic (exact) mass is 348 g/mol. The number of nitrogens with zero attached hydrogens (tertiary/aromatic N) is 3. The van der Waals surface area contributed by atoms with E-state index < -0.39 is 5.82 Å². The Hall–Kier alpha value is -3.61. The van der Waals surface area contributed by atoms with Crippen molar-refractivity contribution in [3.05, 3.63) is 60.3 Å². The van der Waals surface area contributed by atoms with Gasteiger partial charge < -0.3 is 4.74 Å². The van der Waals surface area contributed by atoms with Gasteiger partial charge in [-0.2, -0.15) is 5.10 Å². The number of H-pyrrole nitrogens is 1. The highest BCUT2D eigenvalue weighted by atomic mass is 19.1. The van der Waals surface area contributed by atoms with Crippen molar-refractivity contribution in [2.45, 2.75) is 0 Å². The summed E-state index contributed by atoms with van der Waals surface area (Å²) in [5, 5.41) is 7.97. The summed E-state index contributed by atoms with van der Waals surface area (Å²) in [6.07, 6.45) is 3.85. The van der Waals surface area contributed by atoms with Crippen LogP contribution >= 0.6 is 0 Å². The van der Waals surface area contributed by atoms with Crippen molar-refractivity contribution >= 4 is 17.2 Å². The highest BCUT2D eigenvalue weighted by Crippen LogP contribution is 2.34. The number of nitrogens with one attached hydrogen (secondary N) is 1. The molecule has 0 aliphatic heterocycles. The lowest BCUT2D eigenvalue weighted by molar-refractivity contribution is 0.111. The van der Waals surface area contributed by atoms with Gasteiger partial charge in [-0.15, -0.1) is 0 Å². The fraction of sp³-hybridized carbons (Fsp3) is 0.0526. The van der Waals surface area contributed by atoms with Crippen LogP contribution in [0.15, 0.2) is 48.8 Å². The molecular weight excluding hydrogens is 335 g/mol. The number of carbonyl (C=O) groups is 1. The zero-order valence-corrected chi connectivity index (χ0v) is 13.7. The SMILES string of the molecule is COc1cccc(F)c1-c1cc2c(-c3ccc(C=O)nc3)n[nH]c2cn1. The van der Waals surface area contributed by atoms with E-state index in [-0.39, 0.29) is 0 Å². The van der Waals surface area contributed by atoms with Gasteiger partial charge in [0.15, 0.2) is 6.29 Å². The minimum absolute atomic E-state index is 0.290. The molecule has 6 nitrogen and oxygen atoms in total. The lowest BCUT2D eigenvalue weighted by Crippen LogP contribution is -1.93. The summed E-state index contributed by atoms with van der Waals surface area (Å²) in [5.74, 6) is -0.0165. The lowest BCUT2D eigenvalue weighted by Gasteiger charge is -2.09. The summed E-state index contributed by atoms with van der Waals surface area (Å²) in [6, 6.07) is 9.76. The zero-order chi connectivity index (χ0) is 18.1. The maximum Gasteiger partial charge on any atom is 0.168 e. The van der Waals surface area contributed by atoms with Crippen molar-refractivity contribution in [1.29, 1.82) is 0 Å². The van der Waals surface area contributed by atoms with E-state index in [4.69, 9.17) is 4.74 Å². The third-order valence-corrected chi connectivity index (χ3v) is 4.08. The van der Waals surface area contributed by atoms with Crippen molar-refractivity contribution < 1.29 is 13.9 Å². The lowest BCUT2D eigenvalue weighted by atomic mass is 10.1. The predicted octanol–water partition coefficient (Wildman–Crippen LogP) is 3.65. The van der Waals surface area contributed by atoms with E-state index in [0.717, 1.165) is 10.9 Å². The molecule has 3 aromatic heterocycles. The predicted molar refractivity (Wildman–Crippen MR) is 94.5 cm³/mol. The molecular formula is C19H13FN4O2. The van der Waals surface area contributed by atoms with E-state index in [9.17, 15) is 9.18 Å². The standard InChI is InChI=1S/C19H13FN4O2/c1-26-17-4-2-3-14(20)18(17)15-7-13-16(9-22-15)23-24-19(13)11-5-6-12(10-25)21-8-11/h2-10H,1H3,(H,23,24). The second-order valence-electron chi connectivity index (χ2n) is 5.59. The molecule has 1 aromatic carbocycles. The molecule has 3 heterocycles. The molecule has 4 rings (SSSR count). The van der Waals surface area contributed by atoms with Crippen LogP contribution in [-0.4, -0.2) is 33.6 Å². The fourth-order valence-corrected chi connectivity index (χ4v) is 2.81. The van der Waals surface area contributed by atoms with Crippen LogP contribution in [0.4, 0.5) is 4.39 Å². The van der Waals surface area contributed by atoms with Crippen LogP contribution in [0.5, 0.6) is 5.75 Å². The summed E-state index contributed by atoms with van der Waals surface area (Å²) < 4.78 is 19.6. The van der Waals surface area contributed by atoms with Gasteiger partial charge in [0.1, 0.15) is 23.0 Å². The van der Waals surface area contributed by atoms with Gasteiger partial charge in [-0.05, 0) is 30.3 Å². The Morgan fingerprint density at radius 2 is 2.04 bits per heavy atom. The Morgan fingerprint density at radius 3 is 2.77 bits per heavy atom. The van der Waals surface area contributed by atoms with Gasteiger partial charge in [-0.1, -0.05) is 6.07 Å². The number of hydrogen-bond donors (Lipinski definition) is 1. The average molecular weight is 348 g/mol. The minimum atomic E-state index is -0.418. The van der Waals surface area contributed by atoms with Gasteiger partial charge in [-0.3, -0.25) is 19.9 Å². The number of ether oxygens (including phenoxy) is 1. The van der Waals surface area contributed by atoms with Crippen molar-refractivity contribution in [2.24, 2.45) is 0 Å². The second kappa shape index (κ2) is 6.36. The molecule has 0 aliphatic rings. The number of fused-ring (bicyclic) bond motifs is 1. The first-order chi connectivity index (χ1) is 12.7. The third kappa shape index (κ3) is 2.59. The van der Waals surface area contributed by atoms with Crippen molar-refractivity contribution in [3.8, 4) is 28.3 Å². The van der Waals surface area contributed by atoms with Crippen LogP contribution in [0.25, 0.3) is 33.4 Å². The summed E-state index contributed by atoms with van der Waals surface area (Å²) in [4.78, 5) is 19.2. The summed E-state index contributed by atoms with van der Waals surface area (Å²) in [7, 11) is 1.49. The first-order valence-electron chi connectivity index (χ1n) is 7.80. The molecule has 1 N–H and O–H groups in total. The van der Waals surface area contributed by atoms with E-state index in [1.54, 1.807) is 42.7 Å². The van der Waals surface area contributed by atoms with Crippen molar-refractivity contribution in [2.75, 3.05) is 7.11 Å². The number of rotatable bonds is 4. The molecule has 128 valence electrons. The van der Waals surface area contributed by atoms with Gasteiger partial charge >= 0.3 is 0 Å². The van der Waals surface area contributed by atoms with Gasteiger partial charge in [0, 0.05) is 17.1 Å². The van der Waals surface area contributed by atoms with Crippen LogP contribution < -0.4 is 4.74 Å². The van der Waals surface area contributed by atoms with Gasteiger partial charge in [0.25, 0.3) is 0 Å². The molecule has 0 amide bonds. The first-order valence-corrected chi connectivity index (χ1v) is 7.80. The second-order valence-corrected chi connectivity index (χ2v) is 5.59. The van der Waals surface area contributed by atoms with Crippen LogP contribution in [-0.2, 0) is 0 Å². The normalized spacial score (nSPS) is 10.8. The Bertz CT molecular complexity index is 1110. The largest absolute Gasteiger partial charge is 0.496 e. The zero-order valence-electron chi connectivity index (χ0n) is 13.7. The molecule has 0 spiro atoms. The quantitative estimate of drug-likeness (QED) is 0.570. The molecule has 4 aromatic rings. The number of pyridine rings is 2. The maximum atomic E-state index is 14.4. The van der Waals surface area contributed by atoms with Crippen LogP contribution in [0.2, 0.25) is 0 Å². The average Bonchev–Trinajstić information content (AvgIpc) is 3.11. The van der Waals surface area contributed by atoms with E-state index in [2.05, 4.69) is 20.2 Å². The molecule has 0 atom stereocenters. The molecule has 0 radical (unpaired) electrons. The number of halogens is 1. The molecule has 0 aliphatic carbocycles. The van der Waals surface area contributed by atoms with Crippen LogP contribution in [0.3, 0.4) is 0 Å². The van der Waals surface area contributed by atoms with Gasteiger partial charge in [0.05, 0.1) is 30.1 Å². The fourth-order valence-electron chi connectivity index (χ4n) is 2.81. The van der Waals surface area contributed by atoms with E-state index in [1.165, 1.54) is 13.2 Å². The number of hydrogen-bond acceptors (Lipinski definition) is 5. The molecule has 0 bridgehead atoms. The third-order valence-electron chi connectivity index (χ3n) is 4.08. The van der Waals surface area contributed by atoms with Crippen LogP contribution in [0.1, 0.15) is 10.5 Å². The van der Waals surface area contributed by atoms with E-state index >= 15 is 0 Å². The Labute approximate surface area is 147 Å². The minimum Gasteiger partial charge on any atom is -0.496 e. The van der Waals surface area contributed by atoms with Gasteiger partial charge in [0.2, 0.25) is 0 Å². The highest BCUT2D eigenvalue weighted by Gasteiger charge is 2.16. The number of aldehydes is 1. The van der Waals surface area contributed by atoms with Crippen LogP contribution in [0, 0.1) is 5.82 Å². The summed E-state index contributed by atoms with van der Waals surface area (Å²) in [5.41, 5.74) is 3.15. The molecule has 0 fully saturated rings. The highest BCUT2D eigenvalue weighted by molar-refractivity contribution is 5.94. The van der Waals surface area contributed by atoms with E-state index in [1.807, 2.05) is 0 Å². The Morgan fingerprint density at radius 1 is 1.15 bits per heavy atom. The smallest absolute Gasteiger partial charge is 0.168 e. The number of benzene rings is 1. The molecule has 0 unspecified atom stereocenters. The molecule has 0 saturated carbocycles. The Balaban J connectivity index is 1.89. The topological polar surface area (TPSA) is 80.8 Å². The van der Waals surface area contributed by atoms with Crippen molar-refractivity contribution in [3.63, 3.8) is 0 Å². The number of carbonyl (C=O) groups excluding carboxylic acids is 1. The van der Waals surface area contributed by atoms with E-state index in [0.29, 0.717) is 40.2 Å². The summed E-state index contributed by atoms with van der Waals surface area (Å²) in [6.45, 7) is 0. The molecule has 7 heteroatoms. The Kier molecular flexibility index (Phi) is 3.89. The van der Waals surface area contributed by atoms with Gasteiger partial charge in [-0.25, -0.2) is 4.39 Å². The molecule has 0 saturated heterocycles. The first kappa shape index (κ1) is 15.9. The maximum absolute atomic E-state index is 14.4. The number of aromatic nitrogens is 4. The molecule has 26 heavy (non-hydrogen) atoms. The van der Waals surface area contributed by atoms with Crippen molar-refractivity contribution in [1.82, 2.24) is 20.2 Å². The summed E-state index contributed by atoms with van der Waals surface area (Å²) >= 11 is 0.